The van der Waals surface area contributed by atoms with Crippen LogP contribution in [0.25, 0.3) is 0 Å². The average molecular weight is 230 g/mol. The van der Waals surface area contributed by atoms with Gasteiger partial charge in [-0.05, 0) is 31.0 Å². The van der Waals surface area contributed by atoms with Gasteiger partial charge in [0.05, 0.1) is 11.3 Å². The number of carbonyl (C=O) groups is 2. The van der Waals surface area contributed by atoms with Crippen molar-refractivity contribution < 1.29 is 9.59 Å². The minimum absolute atomic E-state index is 0.400. The lowest BCUT2D eigenvalue weighted by Gasteiger charge is -2.20. The minimum Gasteiger partial charge on any atom is -0.372 e. The van der Waals surface area contributed by atoms with Gasteiger partial charge in [0.1, 0.15) is 0 Å². The van der Waals surface area contributed by atoms with Crippen molar-refractivity contribution >= 4 is 23.1 Å². The Kier molecular flexibility index (Phi) is 2.02. The first-order valence-corrected chi connectivity index (χ1v) is 5.79. The third kappa shape index (κ3) is 1.44. The Bertz CT molecular complexity index is 520. The molecule has 0 aromatic heterocycles. The molecule has 0 unspecified atom stereocenters. The van der Waals surface area contributed by atoms with Gasteiger partial charge in [0, 0.05) is 25.8 Å². The summed E-state index contributed by atoms with van der Waals surface area (Å²) in [6.45, 7) is 0. The van der Waals surface area contributed by atoms with Gasteiger partial charge in [0.15, 0.2) is 0 Å². The fraction of sp³-hybridized carbons (Fsp3) is 0.385. The number of carbonyl (C=O) groups excluding carboxylic acids is 2. The van der Waals surface area contributed by atoms with E-state index in [9.17, 15) is 9.59 Å². The van der Waals surface area contributed by atoms with Crippen LogP contribution < -0.4 is 9.80 Å². The highest BCUT2D eigenvalue weighted by atomic mass is 16.2. The molecule has 0 N–H and O–H groups in total. The number of likely N-dealkylation sites (N-methyl/N-ethyl adjacent to an activating group) is 1. The van der Waals surface area contributed by atoms with Crippen LogP contribution in [-0.2, 0) is 4.79 Å². The molecule has 0 saturated heterocycles. The molecule has 0 bridgehead atoms. The molecule has 1 amide bonds. The van der Waals surface area contributed by atoms with E-state index in [1.807, 2.05) is 12.1 Å². The molecule has 0 spiro atoms. The standard InChI is InChI=1S/C13H14N2O2/c1-14(8-3-4-8)9-5-6-10-11(7-9)15(2)13(17)12(10)16/h5-8H,3-4H2,1-2H3. The maximum absolute atomic E-state index is 11.6. The molecule has 3 rings (SSSR count). The summed E-state index contributed by atoms with van der Waals surface area (Å²) in [5.74, 6) is -0.839. The zero-order valence-corrected chi connectivity index (χ0v) is 9.93. The van der Waals surface area contributed by atoms with E-state index >= 15 is 0 Å². The first kappa shape index (κ1) is 10.3. The van der Waals surface area contributed by atoms with Crippen LogP contribution in [0.15, 0.2) is 18.2 Å². The molecule has 88 valence electrons. The number of amides is 1. The van der Waals surface area contributed by atoms with Crippen LogP contribution >= 0.6 is 0 Å². The van der Waals surface area contributed by atoms with E-state index in [4.69, 9.17) is 0 Å². The number of fused-ring (bicyclic) bond motifs is 1. The number of ketones is 1. The van der Waals surface area contributed by atoms with Gasteiger partial charge >= 0.3 is 0 Å². The molecule has 4 nitrogen and oxygen atoms in total. The quantitative estimate of drug-likeness (QED) is 0.722. The SMILES string of the molecule is CN1C(=O)C(=O)c2ccc(N(C)C3CC3)cc21. The number of rotatable bonds is 2. The van der Waals surface area contributed by atoms with E-state index in [1.165, 1.54) is 17.7 Å². The van der Waals surface area contributed by atoms with Gasteiger partial charge in [0.25, 0.3) is 11.7 Å². The molecule has 1 aromatic rings. The summed E-state index contributed by atoms with van der Waals surface area (Å²) in [5.41, 5.74) is 2.32. The van der Waals surface area contributed by atoms with Crippen molar-refractivity contribution in [1.29, 1.82) is 0 Å². The van der Waals surface area contributed by atoms with Gasteiger partial charge in [-0.3, -0.25) is 9.59 Å². The second-order valence-corrected chi connectivity index (χ2v) is 4.74. The summed E-state index contributed by atoms with van der Waals surface area (Å²) >= 11 is 0. The first-order chi connectivity index (χ1) is 8.09. The lowest BCUT2D eigenvalue weighted by Crippen LogP contribution is -2.25. The highest BCUT2D eigenvalue weighted by Gasteiger charge is 2.34. The zero-order valence-electron chi connectivity index (χ0n) is 9.93. The van der Waals surface area contributed by atoms with Gasteiger partial charge in [-0.25, -0.2) is 0 Å². The van der Waals surface area contributed by atoms with E-state index in [1.54, 1.807) is 13.1 Å². The largest absolute Gasteiger partial charge is 0.372 e. The zero-order chi connectivity index (χ0) is 12.2. The van der Waals surface area contributed by atoms with E-state index in [0.29, 0.717) is 11.6 Å². The summed E-state index contributed by atoms with van der Waals surface area (Å²) in [4.78, 5) is 26.8. The molecule has 17 heavy (non-hydrogen) atoms. The topological polar surface area (TPSA) is 40.6 Å². The van der Waals surface area contributed by atoms with Gasteiger partial charge in [-0.1, -0.05) is 0 Å². The Morgan fingerprint density at radius 1 is 1.29 bits per heavy atom. The Hall–Kier alpha value is -1.84. The van der Waals surface area contributed by atoms with Gasteiger partial charge in [-0.2, -0.15) is 0 Å². The predicted octanol–water partition coefficient (Wildman–Crippen LogP) is 1.44. The maximum atomic E-state index is 11.6. The van der Waals surface area contributed by atoms with Crippen molar-refractivity contribution in [3.8, 4) is 0 Å². The van der Waals surface area contributed by atoms with Crippen LogP contribution in [-0.4, -0.2) is 31.8 Å². The van der Waals surface area contributed by atoms with Gasteiger partial charge in [-0.15, -0.1) is 0 Å². The predicted molar refractivity (Wildman–Crippen MR) is 65.6 cm³/mol. The van der Waals surface area contributed by atoms with Crippen LogP contribution in [0.4, 0.5) is 11.4 Å². The number of benzene rings is 1. The maximum Gasteiger partial charge on any atom is 0.299 e. The van der Waals surface area contributed by atoms with Crippen molar-refractivity contribution in [2.75, 3.05) is 23.9 Å². The fourth-order valence-corrected chi connectivity index (χ4v) is 2.26. The average Bonchev–Trinajstić information content (AvgIpc) is 3.15. The van der Waals surface area contributed by atoms with Crippen LogP contribution in [0.5, 0.6) is 0 Å². The molecule has 4 heteroatoms. The number of anilines is 2. The second kappa shape index (κ2) is 3.32. The van der Waals surface area contributed by atoms with Gasteiger partial charge < -0.3 is 9.80 Å². The molecular formula is C13H14N2O2. The molecule has 2 aliphatic rings. The Morgan fingerprint density at radius 3 is 2.65 bits per heavy atom. The lowest BCUT2D eigenvalue weighted by atomic mass is 10.1. The molecule has 1 saturated carbocycles. The number of hydrogen-bond acceptors (Lipinski definition) is 3. The molecule has 1 aromatic carbocycles. The van der Waals surface area contributed by atoms with Crippen LogP contribution in [0.3, 0.4) is 0 Å². The molecular weight excluding hydrogens is 216 g/mol. The lowest BCUT2D eigenvalue weighted by molar-refractivity contribution is -0.114. The van der Waals surface area contributed by atoms with E-state index < -0.39 is 11.7 Å². The van der Waals surface area contributed by atoms with Crippen LogP contribution in [0.2, 0.25) is 0 Å². The molecule has 0 radical (unpaired) electrons. The normalized spacial score (nSPS) is 18.6. The van der Waals surface area contributed by atoms with Crippen molar-refractivity contribution in [3.05, 3.63) is 23.8 Å². The monoisotopic (exact) mass is 230 g/mol. The van der Waals surface area contributed by atoms with Gasteiger partial charge in [0.2, 0.25) is 0 Å². The van der Waals surface area contributed by atoms with E-state index in [0.717, 1.165) is 11.4 Å². The van der Waals surface area contributed by atoms with Crippen molar-refractivity contribution in [2.45, 2.75) is 18.9 Å². The van der Waals surface area contributed by atoms with Crippen LogP contribution in [0.1, 0.15) is 23.2 Å². The Balaban J connectivity index is 2.02. The molecule has 1 fully saturated rings. The molecule has 1 aliphatic heterocycles. The number of nitrogens with zero attached hydrogens (tertiary/aromatic N) is 2. The summed E-state index contributed by atoms with van der Waals surface area (Å²) in [7, 11) is 3.70. The highest BCUT2D eigenvalue weighted by Crippen LogP contribution is 2.35. The van der Waals surface area contributed by atoms with Crippen molar-refractivity contribution in [2.24, 2.45) is 0 Å². The minimum atomic E-state index is -0.439. The third-order valence-corrected chi connectivity index (χ3v) is 3.59. The molecule has 1 heterocycles. The summed E-state index contributed by atoms with van der Waals surface area (Å²) in [6.07, 6.45) is 2.45. The Morgan fingerprint density at radius 2 is 2.00 bits per heavy atom. The summed E-state index contributed by atoms with van der Waals surface area (Å²) < 4.78 is 0. The number of hydrogen-bond donors (Lipinski definition) is 0. The van der Waals surface area contributed by atoms with Crippen LogP contribution in [0, 0.1) is 0 Å². The second-order valence-electron chi connectivity index (χ2n) is 4.74. The molecule has 1 aliphatic carbocycles. The highest BCUT2D eigenvalue weighted by molar-refractivity contribution is 6.52. The molecule has 0 atom stereocenters. The summed E-state index contributed by atoms with van der Waals surface area (Å²) in [6, 6.07) is 6.22. The fourth-order valence-electron chi connectivity index (χ4n) is 2.26. The summed E-state index contributed by atoms with van der Waals surface area (Å²) in [5, 5.41) is 0. The third-order valence-electron chi connectivity index (χ3n) is 3.59. The van der Waals surface area contributed by atoms with E-state index in [2.05, 4.69) is 11.9 Å². The number of Topliss-reactive ketones (excluding diaryl/α,β-unsaturated/α-hetero) is 1. The van der Waals surface area contributed by atoms with E-state index in [-0.39, 0.29) is 0 Å². The first-order valence-electron chi connectivity index (χ1n) is 5.79. The van der Waals surface area contributed by atoms with Crippen molar-refractivity contribution in [1.82, 2.24) is 0 Å². The van der Waals surface area contributed by atoms with Crippen molar-refractivity contribution in [3.63, 3.8) is 0 Å². The smallest absolute Gasteiger partial charge is 0.299 e. The Labute approximate surface area is 99.8 Å².